The molecule has 4 rings (SSSR count). The number of nitrogens with zero attached hydrogens (tertiary/aromatic N) is 1. The Balaban J connectivity index is 1.54. The number of aliphatic imine (C=N–C) groups is 1. The van der Waals surface area contributed by atoms with E-state index in [9.17, 15) is 9.59 Å². The third-order valence-corrected chi connectivity index (χ3v) is 6.24. The van der Waals surface area contributed by atoms with Crippen molar-refractivity contribution in [1.82, 2.24) is 0 Å². The molecule has 0 saturated carbocycles. The molecule has 1 heterocycles. The minimum absolute atomic E-state index is 0.119. The van der Waals surface area contributed by atoms with E-state index in [1.807, 2.05) is 48.5 Å². The molecular weight excluding hydrogens is 557 g/mol. The van der Waals surface area contributed by atoms with E-state index in [0.717, 1.165) is 9.13 Å². The lowest BCUT2D eigenvalue weighted by molar-refractivity contribution is -0.129. The molecule has 3 aromatic rings. The second-order valence-electron chi connectivity index (χ2n) is 8.22. The highest BCUT2D eigenvalue weighted by atomic mass is 127. The first kappa shape index (κ1) is 24.7. The van der Waals surface area contributed by atoms with Crippen molar-refractivity contribution < 1.29 is 23.8 Å². The fourth-order valence-corrected chi connectivity index (χ4v) is 4.29. The van der Waals surface area contributed by atoms with Gasteiger partial charge in [-0.25, -0.2) is 9.79 Å². The van der Waals surface area contributed by atoms with Gasteiger partial charge in [-0.3, -0.25) is 4.79 Å². The molecule has 0 spiro atoms. The van der Waals surface area contributed by atoms with Gasteiger partial charge in [0.25, 0.3) is 0 Å². The van der Waals surface area contributed by atoms with Crippen LogP contribution in [0.5, 0.6) is 11.5 Å². The zero-order chi connectivity index (χ0) is 24.9. The molecule has 0 unspecified atom stereocenters. The fraction of sp³-hybridized carbons (Fsp3) is 0.179. The van der Waals surface area contributed by atoms with Crippen LogP contribution in [0.15, 0.2) is 77.4 Å². The molecule has 0 aromatic heterocycles. The number of benzene rings is 3. The van der Waals surface area contributed by atoms with Gasteiger partial charge in [-0.1, -0.05) is 56.3 Å². The summed E-state index contributed by atoms with van der Waals surface area (Å²) < 4.78 is 17.4. The highest BCUT2D eigenvalue weighted by molar-refractivity contribution is 14.1. The molecule has 35 heavy (non-hydrogen) atoms. The van der Waals surface area contributed by atoms with Gasteiger partial charge >= 0.3 is 5.97 Å². The van der Waals surface area contributed by atoms with Crippen LogP contribution >= 0.6 is 22.6 Å². The zero-order valence-electron chi connectivity index (χ0n) is 19.6. The van der Waals surface area contributed by atoms with Gasteiger partial charge in [-0.2, -0.15) is 0 Å². The number of halogens is 1. The lowest BCUT2D eigenvalue weighted by Crippen LogP contribution is -2.12. The zero-order valence-corrected chi connectivity index (χ0v) is 21.7. The number of carbonyl (C=O) groups is 2. The molecule has 0 radical (unpaired) electrons. The SMILES string of the molecule is COc1cc(/C=C2\N=C(c3ccc(C(C)C)cc3)OC2=O)cc(I)c1OCC(=O)c1ccccc1. The summed E-state index contributed by atoms with van der Waals surface area (Å²) in [5.74, 6) is 0.945. The van der Waals surface area contributed by atoms with Crippen LogP contribution in [0, 0.1) is 3.57 Å². The smallest absolute Gasteiger partial charge is 0.363 e. The first-order valence-electron chi connectivity index (χ1n) is 11.1. The predicted molar refractivity (Wildman–Crippen MR) is 143 cm³/mol. The van der Waals surface area contributed by atoms with Gasteiger partial charge in [0.1, 0.15) is 0 Å². The van der Waals surface area contributed by atoms with Gasteiger partial charge in [-0.15, -0.1) is 0 Å². The number of Topliss-reactive ketones (excluding diaryl/α,β-unsaturated/α-hetero) is 1. The molecule has 3 aromatic carbocycles. The van der Waals surface area contributed by atoms with Crippen LogP contribution in [0.3, 0.4) is 0 Å². The number of ether oxygens (including phenoxy) is 3. The molecule has 1 aliphatic heterocycles. The number of hydrogen-bond donors (Lipinski definition) is 0. The van der Waals surface area contributed by atoms with Crippen molar-refractivity contribution in [3.05, 3.63) is 98.3 Å². The van der Waals surface area contributed by atoms with Crippen molar-refractivity contribution in [2.75, 3.05) is 13.7 Å². The summed E-state index contributed by atoms with van der Waals surface area (Å²) in [6.45, 7) is 4.12. The molecular formula is C28H24INO5. The molecule has 1 aliphatic rings. The molecule has 0 atom stereocenters. The lowest BCUT2D eigenvalue weighted by atomic mass is 10.0. The van der Waals surface area contributed by atoms with Gasteiger partial charge in [0, 0.05) is 11.1 Å². The van der Waals surface area contributed by atoms with Gasteiger partial charge in [0.2, 0.25) is 5.90 Å². The molecule has 0 amide bonds. The minimum Gasteiger partial charge on any atom is -0.493 e. The molecule has 0 N–H and O–H groups in total. The van der Waals surface area contributed by atoms with Crippen molar-refractivity contribution in [2.45, 2.75) is 19.8 Å². The monoisotopic (exact) mass is 581 g/mol. The summed E-state index contributed by atoms with van der Waals surface area (Å²) in [4.78, 5) is 29.3. The third kappa shape index (κ3) is 5.79. The summed E-state index contributed by atoms with van der Waals surface area (Å²) in [7, 11) is 1.52. The van der Waals surface area contributed by atoms with Gasteiger partial charge in [0.15, 0.2) is 29.6 Å². The number of cyclic esters (lactones) is 1. The maximum absolute atomic E-state index is 12.5. The highest BCUT2D eigenvalue weighted by Crippen LogP contribution is 2.35. The summed E-state index contributed by atoms with van der Waals surface area (Å²) in [5.41, 5.74) is 3.41. The Morgan fingerprint density at radius 3 is 2.46 bits per heavy atom. The number of esters is 1. The molecule has 0 fully saturated rings. The highest BCUT2D eigenvalue weighted by Gasteiger charge is 2.24. The fourth-order valence-electron chi connectivity index (χ4n) is 3.51. The average molecular weight is 581 g/mol. The lowest BCUT2D eigenvalue weighted by Gasteiger charge is -2.13. The van der Waals surface area contributed by atoms with Crippen molar-refractivity contribution >= 4 is 46.3 Å². The van der Waals surface area contributed by atoms with E-state index in [0.29, 0.717) is 28.5 Å². The predicted octanol–water partition coefficient (Wildman–Crippen LogP) is 6.03. The van der Waals surface area contributed by atoms with E-state index in [1.54, 1.807) is 24.3 Å². The standard InChI is InChI=1S/C28H24INO5/c1-17(2)19-9-11-21(12-10-19)27-30-23(28(32)35-27)14-18-13-22(29)26(25(15-18)33-3)34-16-24(31)20-7-5-4-6-8-20/h4-15,17H,16H2,1-3H3/b23-14-. The number of carbonyl (C=O) groups excluding carboxylic acids is 2. The van der Waals surface area contributed by atoms with Crippen molar-refractivity contribution in [2.24, 2.45) is 4.99 Å². The molecule has 0 aliphatic carbocycles. The third-order valence-electron chi connectivity index (χ3n) is 5.44. The van der Waals surface area contributed by atoms with Crippen molar-refractivity contribution in [3.63, 3.8) is 0 Å². The Morgan fingerprint density at radius 2 is 1.80 bits per heavy atom. The summed E-state index contributed by atoms with van der Waals surface area (Å²) in [6.07, 6.45) is 1.64. The molecule has 178 valence electrons. The largest absolute Gasteiger partial charge is 0.493 e. The van der Waals surface area contributed by atoms with Gasteiger partial charge in [-0.05, 0) is 70.0 Å². The van der Waals surface area contributed by atoms with E-state index in [2.05, 4.69) is 41.4 Å². The van der Waals surface area contributed by atoms with Crippen LogP contribution in [-0.2, 0) is 9.53 Å². The van der Waals surface area contributed by atoms with E-state index in [1.165, 1.54) is 12.7 Å². The summed E-state index contributed by atoms with van der Waals surface area (Å²) >= 11 is 2.11. The second-order valence-corrected chi connectivity index (χ2v) is 9.39. The first-order valence-corrected chi connectivity index (χ1v) is 12.1. The van der Waals surface area contributed by atoms with Crippen LogP contribution in [0.25, 0.3) is 6.08 Å². The Morgan fingerprint density at radius 1 is 1.09 bits per heavy atom. The first-order chi connectivity index (χ1) is 16.9. The van der Waals surface area contributed by atoms with Crippen LogP contribution in [0.1, 0.15) is 46.8 Å². The van der Waals surface area contributed by atoms with Crippen LogP contribution in [0.4, 0.5) is 0 Å². The quantitative estimate of drug-likeness (QED) is 0.141. The topological polar surface area (TPSA) is 74.2 Å². The maximum Gasteiger partial charge on any atom is 0.363 e. The summed E-state index contributed by atoms with van der Waals surface area (Å²) in [5, 5.41) is 0. The minimum atomic E-state index is -0.518. The molecule has 0 bridgehead atoms. The van der Waals surface area contributed by atoms with Crippen LogP contribution in [-0.4, -0.2) is 31.4 Å². The Kier molecular flexibility index (Phi) is 7.65. The molecule has 0 saturated heterocycles. The number of methoxy groups -OCH3 is 1. The average Bonchev–Trinajstić information content (AvgIpc) is 3.23. The van der Waals surface area contributed by atoms with Gasteiger partial charge < -0.3 is 14.2 Å². The van der Waals surface area contributed by atoms with Crippen molar-refractivity contribution in [3.8, 4) is 11.5 Å². The van der Waals surface area contributed by atoms with Crippen molar-refractivity contribution in [1.29, 1.82) is 0 Å². The number of rotatable bonds is 8. The van der Waals surface area contributed by atoms with Crippen LogP contribution in [0.2, 0.25) is 0 Å². The Labute approximate surface area is 217 Å². The summed E-state index contributed by atoms with van der Waals surface area (Å²) in [6, 6.07) is 20.3. The number of hydrogen-bond acceptors (Lipinski definition) is 6. The number of ketones is 1. The van der Waals surface area contributed by atoms with E-state index in [-0.39, 0.29) is 24.0 Å². The Hall–Kier alpha value is -3.46. The molecule has 7 heteroatoms. The van der Waals surface area contributed by atoms with Crippen LogP contribution < -0.4 is 9.47 Å². The molecule has 6 nitrogen and oxygen atoms in total. The van der Waals surface area contributed by atoms with E-state index >= 15 is 0 Å². The maximum atomic E-state index is 12.5. The van der Waals surface area contributed by atoms with Gasteiger partial charge in [0.05, 0.1) is 10.7 Å². The van der Waals surface area contributed by atoms with E-state index < -0.39 is 5.97 Å². The van der Waals surface area contributed by atoms with E-state index in [4.69, 9.17) is 14.2 Å². The normalized spacial score (nSPS) is 14.1. The second kappa shape index (κ2) is 10.9. The Bertz CT molecular complexity index is 1310.